The van der Waals surface area contributed by atoms with Gasteiger partial charge in [0.2, 0.25) is 5.71 Å². The summed E-state index contributed by atoms with van der Waals surface area (Å²) in [7, 11) is 0. The van der Waals surface area contributed by atoms with Crippen LogP contribution in [0.3, 0.4) is 0 Å². The van der Waals surface area contributed by atoms with Crippen molar-refractivity contribution in [2.45, 2.75) is 19.3 Å². The normalized spacial score (nSPS) is 13.6. The van der Waals surface area contributed by atoms with Gasteiger partial charge in [-0.2, -0.15) is 0 Å². The molecule has 0 saturated heterocycles. The molecule has 2 heterocycles. The van der Waals surface area contributed by atoms with Crippen molar-refractivity contribution in [2.75, 3.05) is 0 Å². The summed E-state index contributed by atoms with van der Waals surface area (Å²) in [4.78, 5) is 4.56. The summed E-state index contributed by atoms with van der Waals surface area (Å²) in [6.07, 6.45) is 1.80. The summed E-state index contributed by atoms with van der Waals surface area (Å²) < 4.78 is 6.51. The number of furan rings is 1. The first kappa shape index (κ1) is 27.7. The molecule has 11 rings (SSSR count). The molecule has 1 aliphatic carbocycles. The third-order valence-corrected chi connectivity index (χ3v) is 11.3. The Bertz CT molecular complexity index is 3010. The van der Waals surface area contributed by atoms with Crippen LogP contribution in [0, 0.1) is 0 Å². The minimum atomic E-state index is -0.138. The average molecular weight is 638 g/mol. The van der Waals surface area contributed by atoms with Crippen molar-refractivity contribution in [2.24, 2.45) is 0 Å². The fourth-order valence-electron chi connectivity index (χ4n) is 9.22. The molecule has 0 unspecified atom stereocenters. The standard InChI is InChI=1S/C48H31NO/c1-48(2)41-25-24-28(27-40(41)44-31-15-5-3-13-29(31)30-14-4-10-20-36(30)45(44)48)42-32-16-6-8-18-34(32)43(35-19-9-7-17-33(35)42)39-22-11-21-37-38-23-12-26-49-47(38)50-46(37)39/h3-27H,1-2H3. The number of rotatable bonds is 2. The van der Waals surface area contributed by atoms with E-state index in [9.17, 15) is 0 Å². The highest BCUT2D eigenvalue weighted by Crippen LogP contribution is 2.56. The molecule has 0 fully saturated rings. The second kappa shape index (κ2) is 9.90. The van der Waals surface area contributed by atoms with Gasteiger partial charge in [0.1, 0.15) is 5.58 Å². The van der Waals surface area contributed by atoms with Crippen molar-refractivity contribution < 1.29 is 4.42 Å². The van der Waals surface area contributed by atoms with Crippen LogP contribution in [0.2, 0.25) is 0 Å². The fourth-order valence-corrected chi connectivity index (χ4v) is 9.22. The average Bonchev–Trinajstić information content (AvgIpc) is 3.66. The van der Waals surface area contributed by atoms with Crippen molar-refractivity contribution in [3.8, 4) is 33.4 Å². The van der Waals surface area contributed by atoms with Crippen LogP contribution >= 0.6 is 0 Å². The van der Waals surface area contributed by atoms with Gasteiger partial charge in [0, 0.05) is 33.5 Å². The van der Waals surface area contributed by atoms with E-state index in [1.807, 2.05) is 6.07 Å². The van der Waals surface area contributed by atoms with E-state index in [-0.39, 0.29) is 5.41 Å². The summed E-state index contributed by atoms with van der Waals surface area (Å²) in [5.41, 5.74) is 11.7. The molecule has 0 amide bonds. The quantitative estimate of drug-likeness (QED) is 0.139. The van der Waals surface area contributed by atoms with Crippen molar-refractivity contribution in [1.82, 2.24) is 4.98 Å². The number of hydrogen-bond donors (Lipinski definition) is 0. The van der Waals surface area contributed by atoms with Crippen LogP contribution in [0.1, 0.15) is 25.0 Å². The van der Waals surface area contributed by atoms with E-state index < -0.39 is 0 Å². The Morgan fingerprint density at radius 2 is 0.980 bits per heavy atom. The lowest BCUT2D eigenvalue weighted by atomic mass is 9.79. The molecular weight excluding hydrogens is 607 g/mol. The van der Waals surface area contributed by atoms with Crippen molar-refractivity contribution in [1.29, 1.82) is 0 Å². The minimum Gasteiger partial charge on any atom is -0.437 e. The van der Waals surface area contributed by atoms with Crippen LogP contribution in [0.25, 0.3) is 98.5 Å². The van der Waals surface area contributed by atoms with Gasteiger partial charge >= 0.3 is 0 Å². The van der Waals surface area contributed by atoms with Crippen LogP contribution in [0.15, 0.2) is 156 Å². The lowest BCUT2D eigenvalue weighted by molar-refractivity contribution is 0.655. The topological polar surface area (TPSA) is 26.0 Å². The SMILES string of the molecule is CC1(C)c2ccc(-c3c4ccccc4c(-c4cccc5c4oc4ncccc45)c4ccccc34)cc2-c2c1c1ccccc1c1ccccc21. The Kier molecular flexibility index (Phi) is 5.48. The van der Waals surface area contributed by atoms with Gasteiger partial charge in [-0.1, -0.05) is 141 Å². The number of aromatic nitrogens is 1. The van der Waals surface area contributed by atoms with E-state index in [1.165, 1.54) is 82.0 Å². The van der Waals surface area contributed by atoms with Gasteiger partial charge in [-0.05, 0) is 94.7 Å². The molecule has 0 saturated carbocycles. The van der Waals surface area contributed by atoms with Crippen LogP contribution < -0.4 is 0 Å². The lowest BCUT2D eigenvalue weighted by Gasteiger charge is -2.24. The molecule has 0 radical (unpaired) electrons. The molecule has 0 aliphatic heterocycles. The predicted molar refractivity (Wildman–Crippen MR) is 210 cm³/mol. The van der Waals surface area contributed by atoms with E-state index in [2.05, 4.69) is 158 Å². The first-order valence-corrected chi connectivity index (χ1v) is 17.4. The number of para-hydroxylation sites is 1. The molecular formula is C48H31NO. The second-order valence-corrected chi connectivity index (χ2v) is 14.2. The highest BCUT2D eigenvalue weighted by Gasteiger charge is 2.38. The monoisotopic (exact) mass is 637 g/mol. The summed E-state index contributed by atoms with van der Waals surface area (Å²) in [6, 6.07) is 53.4. The van der Waals surface area contributed by atoms with E-state index in [0.29, 0.717) is 5.71 Å². The van der Waals surface area contributed by atoms with Crippen molar-refractivity contribution >= 4 is 65.2 Å². The second-order valence-electron chi connectivity index (χ2n) is 14.2. The van der Waals surface area contributed by atoms with E-state index in [1.54, 1.807) is 6.20 Å². The van der Waals surface area contributed by atoms with Crippen molar-refractivity contribution in [3.63, 3.8) is 0 Å². The van der Waals surface area contributed by atoms with Crippen LogP contribution in [0.5, 0.6) is 0 Å². The largest absolute Gasteiger partial charge is 0.437 e. The Labute approximate surface area is 289 Å². The van der Waals surface area contributed by atoms with Gasteiger partial charge in [0.25, 0.3) is 0 Å². The third kappa shape index (κ3) is 3.55. The fraction of sp³-hybridized carbons (Fsp3) is 0.0625. The van der Waals surface area contributed by atoms with Crippen LogP contribution in [-0.4, -0.2) is 4.98 Å². The zero-order chi connectivity index (χ0) is 33.1. The molecule has 0 bridgehead atoms. The Morgan fingerprint density at radius 1 is 0.440 bits per heavy atom. The predicted octanol–water partition coefficient (Wildman–Crippen LogP) is 13.2. The van der Waals surface area contributed by atoms with E-state index >= 15 is 0 Å². The van der Waals surface area contributed by atoms with Crippen molar-refractivity contribution in [3.05, 3.63) is 163 Å². The summed E-state index contributed by atoms with van der Waals surface area (Å²) in [5.74, 6) is 0. The minimum absolute atomic E-state index is 0.138. The molecule has 50 heavy (non-hydrogen) atoms. The molecule has 8 aromatic carbocycles. The first-order chi connectivity index (χ1) is 24.6. The maximum absolute atomic E-state index is 6.51. The zero-order valence-corrected chi connectivity index (χ0v) is 27.8. The summed E-state index contributed by atoms with van der Waals surface area (Å²) >= 11 is 0. The molecule has 1 aliphatic rings. The highest BCUT2D eigenvalue weighted by atomic mass is 16.3. The molecule has 0 atom stereocenters. The number of benzene rings is 8. The molecule has 10 aromatic rings. The van der Waals surface area contributed by atoms with Gasteiger partial charge < -0.3 is 4.42 Å². The Morgan fingerprint density at radius 3 is 1.66 bits per heavy atom. The summed E-state index contributed by atoms with van der Waals surface area (Å²) in [5, 5.41) is 12.3. The number of hydrogen-bond acceptors (Lipinski definition) is 2. The zero-order valence-electron chi connectivity index (χ0n) is 27.8. The molecule has 0 N–H and O–H groups in total. The van der Waals surface area contributed by atoms with Gasteiger partial charge in [0.05, 0.1) is 0 Å². The molecule has 2 aromatic heterocycles. The van der Waals surface area contributed by atoms with Gasteiger partial charge in [0.15, 0.2) is 0 Å². The van der Waals surface area contributed by atoms with Gasteiger partial charge in [-0.15, -0.1) is 0 Å². The number of pyridine rings is 1. The van der Waals surface area contributed by atoms with Gasteiger partial charge in [-0.3, -0.25) is 0 Å². The first-order valence-electron chi connectivity index (χ1n) is 17.4. The Balaban J connectivity index is 1.24. The molecule has 0 spiro atoms. The van der Waals surface area contributed by atoms with Crippen LogP contribution in [0.4, 0.5) is 0 Å². The van der Waals surface area contributed by atoms with Gasteiger partial charge in [-0.25, -0.2) is 4.98 Å². The smallest absolute Gasteiger partial charge is 0.227 e. The third-order valence-electron chi connectivity index (χ3n) is 11.3. The number of nitrogens with zero attached hydrogens (tertiary/aromatic N) is 1. The van der Waals surface area contributed by atoms with E-state index in [4.69, 9.17) is 4.42 Å². The maximum atomic E-state index is 6.51. The van der Waals surface area contributed by atoms with E-state index in [0.717, 1.165) is 21.9 Å². The number of fused-ring (bicyclic) bond motifs is 13. The highest BCUT2D eigenvalue weighted by molar-refractivity contribution is 6.25. The molecule has 2 nitrogen and oxygen atoms in total. The maximum Gasteiger partial charge on any atom is 0.227 e. The molecule has 2 heteroatoms. The Hall–Kier alpha value is -6.25. The lowest BCUT2D eigenvalue weighted by Crippen LogP contribution is -2.15. The molecule has 234 valence electrons. The van der Waals surface area contributed by atoms with Crippen LogP contribution in [-0.2, 0) is 5.41 Å². The summed E-state index contributed by atoms with van der Waals surface area (Å²) in [6.45, 7) is 4.79.